The van der Waals surface area contributed by atoms with Gasteiger partial charge in [-0.3, -0.25) is 4.79 Å². The van der Waals surface area contributed by atoms with Crippen LogP contribution in [0.5, 0.6) is 0 Å². The summed E-state index contributed by atoms with van der Waals surface area (Å²) in [5.41, 5.74) is 0.173. The standard InChI is InChI=1S/C9H15N3O2/c1-9(2,3-4-13)11-7-5-8(14)12-10-6-7/h5-6,13H,3-4H2,1-2H3,(H2,11,12,14). The summed E-state index contributed by atoms with van der Waals surface area (Å²) in [7, 11) is 0. The molecule has 14 heavy (non-hydrogen) atoms. The lowest BCUT2D eigenvalue weighted by Crippen LogP contribution is -2.32. The van der Waals surface area contributed by atoms with Crippen LogP contribution in [0.15, 0.2) is 17.1 Å². The van der Waals surface area contributed by atoms with E-state index in [1.807, 2.05) is 13.8 Å². The van der Waals surface area contributed by atoms with Gasteiger partial charge in [0.25, 0.3) is 5.56 Å². The minimum Gasteiger partial charge on any atom is -0.396 e. The number of nitrogens with one attached hydrogen (secondary N) is 2. The van der Waals surface area contributed by atoms with E-state index in [1.165, 1.54) is 6.07 Å². The maximum Gasteiger partial charge on any atom is 0.266 e. The molecule has 0 amide bonds. The second kappa shape index (κ2) is 4.23. The van der Waals surface area contributed by atoms with Crippen LogP contribution in [0.2, 0.25) is 0 Å². The Bertz CT molecular complexity index is 346. The Balaban J connectivity index is 2.73. The number of anilines is 1. The molecule has 5 heteroatoms. The predicted molar refractivity (Wildman–Crippen MR) is 54.3 cm³/mol. The van der Waals surface area contributed by atoms with Crippen LogP contribution in [0, 0.1) is 0 Å². The molecule has 3 N–H and O–H groups in total. The molecule has 1 heterocycles. The van der Waals surface area contributed by atoms with Gasteiger partial charge in [-0.2, -0.15) is 5.10 Å². The average Bonchev–Trinajstić information content (AvgIpc) is 2.02. The first-order valence-corrected chi connectivity index (χ1v) is 4.47. The van der Waals surface area contributed by atoms with Crippen molar-refractivity contribution in [3.05, 3.63) is 22.6 Å². The molecule has 1 rings (SSSR count). The number of aromatic nitrogens is 2. The van der Waals surface area contributed by atoms with E-state index < -0.39 is 0 Å². The molecule has 0 atom stereocenters. The fourth-order valence-corrected chi connectivity index (χ4v) is 1.18. The summed E-state index contributed by atoms with van der Waals surface area (Å²) in [5.74, 6) is 0. The van der Waals surface area contributed by atoms with Crippen molar-refractivity contribution in [2.75, 3.05) is 11.9 Å². The van der Waals surface area contributed by atoms with Gasteiger partial charge in [0.15, 0.2) is 0 Å². The summed E-state index contributed by atoms with van der Waals surface area (Å²) in [5, 5.41) is 17.9. The Morgan fingerprint density at radius 3 is 2.93 bits per heavy atom. The number of H-pyrrole nitrogens is 1. The van der Waals surface area contributed by atoms with Gasteiger partial charge in [0.05, 0.1) is 11.9 Å². The lowest BCUT2D eigenvalue weighted by atomic mass is 10.0. The minimum absolute atomic E-state index is 0.108. The molecular weight excluding hydrogens is 182 g/mol. The summed E-state index contributed by atoms with van der Waals surface area (Å²) >= 11 is 0. The maximum absolute atomic E-state index is 10.9. The molecular formula is C9H15N3O2. The van der Waals surface area contributed by atoms with Crippen LogP contribution in [0.3, 0.4) is 0 Å². The molecule has 78 valence electrons. The van der Waals surface area contributed by atoms with Crippen LogP contribution in [0.1, 0.15) is 20.3 Å². The van der Waals surface area contributed by atoms with Crippen molar-refractivity contribution in [2.45, 2.75) is 25.8 Å². The first-order chi connectivity index (χ1) is 6.53. The molecule has 0 aliphatic heterocycles. The van der Waals surface area contributed by atoms with Gasteiger partial charge >= 0.3 is 0 Å². The van der Waals surface area contributed by atoms with Crippen LogP contribution >= 0.6 is 0 Å². The van der Waals surface area contributed by atoms with Crippen molar-refractivity contribution in [3.63, 3.8) is 0 Å². The van der Waals surface area contributed by atoms with E-state index in [0.717, 1.165) is 0 Å². The van der Waals surface area contributed by atoms with Crippen molar-refractivity contribution in [3.8, 4) is 0 Å². The highest BCUT2D eigenvalue weighted by Crippen LogP contribution is 2.14. The molecule has 0 spiro atoms. The van der Waals surface area contributed by atoms with E-state index in [4.69, 9.17) is 5.11 Å². The topological polar surface area (TPSA) is 78.0 Å². The highest BCUT2D eigenvalue weighted by atomic mass is 16.3. The summed E-state index contributed by atoms with van der Waals surface area (Å²) in [6.45, 7) is 4.01. The third-order valence-electron chi connectivity index (χ3n) is 1.88. The molecule has 0 aliphatic carbocycles. The SMILES string of the molecule is CC(C)(CCO)Nc1cn[nH]c(=O)c1. The van der Waals surface area contributed by atoms with Crippen molar-refractivity contribution in [2.24, 2.45) is 0 Å². The number of hydrogen-bond acceptors (Lipinski definition) is 4. The van der Waals surface area contributed by atoms with E-state index in [-0.39, 0.29) is 17.7 Å². The third-order valence-corrected chi connectivity index (χ3v) is 1.88. The molecule has 0 radical (unpaired) electrons. The number of aliphatic hydroxyl groups excluding tert-OH is 1. The van der Waals surface area contributed by atoms with Gasteiger partial charge in [-0.15, -0.1) is 0 Å². The fraction of sp³-hybridized carbons (Fsp3) is 0.556. The lowest BCUT2D eigenvalue weighted by molar-refractivity contribution is 0.261. The minimum atomic E-state index is -0.246. The molecule has 0 aliphatic rings. The Hall–Kier alpha value is -1.36. The van der Waals surface area contributed by atoms with Gasteiger partial charge in [-0.05, 0) is 20.3 Å². The Labute approximate surface area is 82.2 Å². The zero-order chi connectivity index (χ0) is 10.6. The molecule has 0 fully saturated rings. The van der Waals surface area contributed by atoms with Crippen LogP contribution in [0.25, 0.3) is 0 Å². The van der Waals surface area contributed by atoms with Gasteiger partial charge in [-0.25, -0.2) is 5.10 Å². The van der Waals surface area contributed by atoms with Gasteiger partial charge in [0.1, 0.15) is 0 Å². The summed E-state index contributed by atoms with van der Waals surface area (Å²) in [4.78, 5) is 10.9. The predicted octanol–water partition coefficient (Wildman–Crippen LogP) is 0.343. The lowest BCUT2D eigenvalue weighted by Gasteiger charge is -2.26. The second-order valence-corrected chi connectivity index (χ2v) is 3.82. The monoisotopic (exact) mass is 197 g/mol. The number of hydrogen-bond donors (Lipinski definition) is 3. The maximum atomic E-state index is 10.9. The summed E-state index contributed by atoms with van der Waals surface area (Å²) in [6, 6.07) is 1.44. The molecule has 1 aromatic heterocycles. The Morgan fingerprint density at radius 2 is 2.36 bits per heavy atom. The Morgan fingerprint density at radius 1 is 1.64 bits per heavy atom. The van der Waals surface area contributed by atoms with Crippen molar-refractivity contribution in [1.29, 1.82) is 0 Å². The summed E-state index contributed by atoms with van der Waals surface area (Å²) < 4.78 is 0. The van der Waals surface area contributed by atoms with Crippen LogP contribution in [-0.4, -0.2) is 27.4 Å². The largest absolute Gasteiger partial charge is 0.396 e. The third kappa shape index (κ3) is 3.18. The van der Waals surface area contributed by atoms with Gasteiger partial charge in [0.2, 0.25) is 0 Å². The fourth-order valence-electron chi connectivity index (χ4n) is 1.18. The quantitative estimate of drug-likeness (QED) is 0.650. The van der Waals surface area contributed by atoms with Crippen LogP contribution in [0.4, 0.5) is 5.69 Å². The molecule has 0 saturated carbocycles. The van der Waals surface area contributed by atoms with E-state index in [2.05, 4.69) is 15.5 Å². The number of rotatable bonds is 4. The summed E-state index contributed by atoms with van der Waals surface area (Å²) in [6.07, 6.45) is 2.15. The zero-order valence-electron chi connectivity index (χ0n) is 8.37. The van der Waals surface area contributed by atoms with Crippen molar-refractivity contribution < 1.29 is 5.11 Å². The molecule has 1 aromatic rings. The average molecular weight is 197 g/mol. The van der Waals surface area contributed by atoms with Crippen molar-refractivity contribution >= 4 is 5.69 Å². The number of aromatic amines is 1. The smallest absolute Gasteiger partial charge is 0.266 e. The number of nitrogens with zero attached hydrogens (tertiary/aromatic N) is 1. The van der Waals surface area contributed by atoms with Gasteiger partial charge < -0.3 is 10.4 Å². The van der Waals surface area contributed by atoms with Gasteiger partial charge in [0, 0.05) is 18.2 Å². The van der Waals surface area contributed by atoms with Crippen LogP contribution in [-0.2, 0) is 0 Å². The van der Waals surface area contributed by atoms with Crippen LogP contribution < -0.4 is 10.9 Å². The van der Waals surface area contributed by atoms with E-state index >= 15 is 0 Å². The van der Waals surface area contributed by atoms with E-state index in [9.17, 15) is 4.79 Å². The van der Waals surface area contributed by atoms with E-state index in [1.54, 1.807) is 6.20 Å². The molecule has 0 aromatic carbocycles. The second-order valence-electron chi connectivity index (χ2n) is 3.82. The molecule has 5 nitrogen and oxygen atoms in total. The normalized spacial score (nSPS) is 11.4. The van der Waals surface area contributed by atoms with Gasteiger partial charge in [-0.1, -0.05) is 0 Å². The Kier molecular flexibility index (Phi) is 3.24. The highest BCUT2D eigenvalue weighted by molar-refractivity contribution is 5.41. The molecule has 0 saturated heterocycles. The van der Waals surface area contributed by atoms with E-state index in [0.29, 0.717) is 12.1 Å². The molecule has 0 bridgehead atoms. The first kappa shape index (κ1) is 10.7. The first-order valence-electron chi connectivity index (χ1n) is 4.47. The molecule has 0 unspecified atom stereocenters. The zero-order valence-corrected chi connectivity index (χ0v) is 8.37. The number of aliphatic hydroxyl groups is 1. The van der Waals surface area contributed by atoms with Crippen molar-refractivity contribution in [1.82, 2.24) is 10.2 Å². The highest BCUT2D eigenvalue weighted by Gasteiger charge is 2.16.